The zero-order valence-electron chi connectivity index (χ0n) is 10.3. The van der Waals surface area contributed by atoms with Gasteiger partial charge in [-0.25, -0.2) is 0 Å². The van der Waals surface area contributed by atoms with Gasteiger partial charge in [0.25, 0.3) is 5.91 Å². The number of pyridine rings is 1. The molecule has 1 amide bonds. The fourth-order valence-corrected chi connectivity index (χ4v) is 1.63. The van der Waals surface area contributed by atoms with Crippen molar-refractivity contribution in [1.82, 2.24) is 10.3 Å². The van der Waals surface area contributed by atoms with Gasteiger partial charge in [-0.2, -0.15) is 0 Å². The number of rotatable bonds is 5. The number of amides is 1. The molecule has 0 bridgehead atoms. The van der Waals surface area contributed by atoms with E-state index in [1.165, 1.54) is 0 Å². The summed E-state index contributed by atoms with van der Waals surface area (Å²) in [5.74, 6) is 1.02. The van der Waals surface area contributed by atoms with Crippen LogP contribution >= 0.6 is 0 Å². The van der Waals surface area contributed by atoms with Crippen molar-refractivity contribution in [2.24, 2.45) is 0 Å². The molecule has 0 saturated heterocycles. The largest absolute Gasteiger partial charge is 0.456 e. The minimum atomic E-state index is -0.175. The molecule has 1 N–H and O–H groups in total. The number of hydrogen-bond donors (Lipinski definition) is 1. The van der Waals surface area contributed by atoms with E-state index in [0.717, 1.165) is 17.9 Å². The lowest BCUT2D eigenvalue weighted by Crippen LogP contribution is -2.25. The van der Waals surface area contributed by atoms with E-state index in [2.05, 4.69) is 10.3 Å². The normalized spacial score (nSPS) is 10.3. The smallest absolute Gasteiger partial charge is 0.287 e. The van der Waals surface area contributed by atoms with Crippen LogP contribution in [0.1, 0.15) is 28.9 Å². The maximum Gasteiger partial charge on any atom is 0.287 e. The Morgan fingerprint density at radius 1 is 1.33 bits per heavy atom. The second-order valence-corrected chi connectivity index (χ2v) is 3.95. The molecule has 0 aliphatic rings. The van der Waals surface area contributed by atoms with Gasteiger partial charge in [0, 0.05) is 31.3 Å². The van der Waals surface area contributed by atoms with Crippen molar-refractivity contribution in [3.63, 3.8) is 0 Å². The summed E-state index contributed by atoms with van der Waals surface area (Å²) in [6, 6.07) is 9.28. The van der Waals surface area contributed by atoms with E-state index in [1.807, 2.05) is 31.2 Å². The monoisotopic (exact) mass is 244 g/mol. The molecule has 2 aromatic rings. The molecule has 0 spiro atoms. The summed E-state index contributed by atoms with van der Waals surface area (Å²) in [5, 5.41) is 2.81. The van der Waals surface area contributed by atoms with Crippen LogP contribution < -0.4 is 5.32 Å². The maximum atomic E-state index is 11.7. The van der Waals surface area contributed by atoms with Crippen LogP contribution in [0.5, 0.6) is 0 Å². The number of aryl methyl sites for hydroxylation is 1. The van der Waals surface area contributed by atoms with E-state index >= 15 is 0 Å². The number of carbonyl (C=O) groups excluding carboxylic acids is 1. The van der Waals surface area contributed by atoms with Crippen molar-refractivity contribution < 1.29 is 9.21 Å². The van der Waals surface area contributed by atoms with Gasteiger partial charge in [0.1, 0.15) is 5.76 Å². The molecule has 0 aliphatic heterocycles. The van der Waals surface area contributed by atoms with Crippen LogP contribution in [0.25, 0.3) is 0 Å². The van der Waals surface area contributed by atoms with E-state index in [1.54, 1.807) is 12.3 Å². The van der Waals surface area contributed by atoms with E-state index in [9.17, 15) is 4.79 Å². The molecule has 18 heavy (non-hydrogen) atoms. The minimum Gasteiger partial charge on any atom is -0.456 e. The summed E-state index contributed by atoms with van der Waals surface area (Å²) in [6.45, 7) is 2.54. The predicted octanol–water partition coefficient (Wildman–Crippen LogP) is 2.21. The third kappa shape index (κ3) is 3.20. The van der Waals surface area contributed by atoms with E-state index in [-0.39, 0.29) is 5.91 Å². The molecule has 0 aromatic carbocycles. The Morgan fingerprint density at radius 2 is 2.22 bits per heavy atom. The second-order valence-electron chi connectivity index (χ2n) is 3.95. The Bertz CT molecular complexity index is 506. The first-order valence-corrected chi connectivity index (χ1v) is 6.06. The molecular formula is C14H16N2O2. The Hall–Kier alpha value is -2.10. The first-order valence-electron chi connectivity index (χ1n) is 6.06. The van der Waals surface area contributed by atoms with Gasteiger partial charge in [-0.15, -0.1) is 0 Å². The second kappa shape index (κ2) is 6.00. The van der Waals surface area contributed by atoms with Crippen LogP contribution in [0.3, 0.4) is 0 Å². The molecule has 4 nitrogen and oxygen atoms in total. The average Bonchev–Trinajstić information content (AvgIpc) is 2.89. The quantitative estimate of drug-likeness (QED) is 0.877. The zero-order chi connectivity index (χ0) is 12.8. The van der Waals surface area contributed by atoms with Gasteiger partial charge >= 0.3 is 0 Å². The molecule has 2 aromatic heterocycles. The van der Waals surface area contributed by atoms with Crippen molar-refractivity contribution in [3.05, 3.63) is 53.7 Å². The number of hydrogen-bond acceptors (Lipinski definition) is 3. The standard InChI is InChI=1S/C14H16N2O2/c1-2-12-6-7-13(18-12)14(17)16-10-8-11-5-3-4-9-15-11/h3-7,9H,2,8,10H2,1H3,(H,16,17). The highest BCUT2D eigenvalue weighted by Crippen LogP contribution is 2.07. The summed E-state index contributed by atoms with van der Waals surface area (Å²) in [7, 11) is 0. The molecule has 0 radical (unpaired) electrons. The van der Waals surface area contributed by atoms with Crippen LogP contribution in [-0.4, -0.2) is 17.4 Å². The van der Waals surface area contributed by atoms with E-state index in [4.69, 9.17) is 4.42 Å². The topological polar surface area (TPSA) is 55.1 Å². The van der Waals surface area contributed by atoms with Gasteiger partial charge in [-0.1, -0.05) is 13.0 Å². The molecule has 2 heterocycles. The van der Waals surface area contributed by atoms with Gasteiger partial charge in [-0.3, -0.25) is 9.78 Å². The summed E-state index contributed by atoms with van der Waals surface area (Å²) in [4.78, 5) is 15.9. The molecule has 2 rings (SSSR count). The van der Waals surface area contributed by atoms with E-state index in [0.29, 0.717) is 18.7 Å². The van der Waals surface area contributed by atoms with Crippen LogP contribution in [0, 0.1) is 0 Å². The van der Waals surface area contributed by atoms with Gasteiger partial charge < -0.3 is 9.73 Å². The van der Waals surface area contributed by atoms with Crippen LogP contribution in [0.4, 0.5) is 0 Å². The summed E-state index contributed by atoms with van der Waals surface area (Å²) in [5.41, 5.74) is 0.964. The lowest BCUT2D eigenvalue weighted by molar-refractivity contribution is 0.0924. The Labute approximate surface area is 106 Å². The number of nitrogens with zero attached hydrogens (tertiary/aromatic N) is 1. The Kier molecular flexibility index (Phi) is 4.12. The molecule has 0 saturated carbocycles. The highest BCUT2D eigenvalue weighted by molar-refractivity contribution is 5.91. The lowest BCUT2D eigenvalue weighted by atomic mass is 10.2. The fourth-order valence-electron chi connectivity index (χ4n) is 1.63. The molecule has 0 unspecified atom stereocenters. The first-order chi connectivity index (χ1) is 8.79. The number of nitrogens with one attached hydrogen (secondary N) is 1. The Morgan fingerprint density at radius 3 is 2.89 bits per heavy atom. The first kappa shape index (κ1) is 12.4. The molecule has 0 atom stereocenters. The van der Waals surface area contributed by atoms with Crippen molar-refractivity contribution in [2.75, 3.05) is 6.54 Å². The van der Waals surface area contributed by atoms with E-state index < -0.39 is 0 Å². The summed E-state index contributed by atoms with van der Waals surface area (Å²) in [6.07, 6.45) is 3.26. The third-order valence-electron chi connectivity index (χ3n) is 2.63. The minimum absolute atomic E-state index is 0.175. The molecule has 4 heteroatoms. The highest BCUT2D eigenvalue weighted by Gasteiger charge is 2.09. The van der Waals surface area contributed by atoms with Gasteiger partial charge in [0.15, 0.2) is 5.76 Å². The number of furan rings is 1. The fraction of sp³-hybridized carbons (Fsp3) is 0.286. The SMILES string of the molecule is CCc1ccc(C(=O)NCCc2ccccn2)o1. The van der Waals surface area contributed by atoms with Gasteiger partial charge in [0.05, 0.1) is 0 Å². The summed E-state index contributed by atoms with van der Waals surface area (Å²) < 4.78 is 5.37. The van der Waals surface area contributed by atoms with Crippen molar-refractivity contribution in [2.45, 2.75) is 19.8 Å². The molecule has 0 fully saturated rings. The van der Waals surface area contributed by atoms with Gasteiger partial charge in [-0.05, 0) is 24.3 Å². The summed E-state index contributed by atoms with van der Waals surface area (Å²) >= 11 is 0. The molecule has 0 aliphatic carbocycles. The predicted molar refractivity (Wildman–Crippen MR) is 68.4 cm³/mol. The van der Waals surface area contributed by atoms with Crippen LogP contribution in [0.2, 0.25) is 0 Å². The van der Waals surface area contributed by atoms with Crippen molar-refractivity contribution in [3.8, 4) is 0 Å². The number of carbonyl (C=O) groups is 1. The van der Waals surface area contributed by atoms with Crippen molar-refractivity contribution in [1.29, 1.82) is 0 Å². The lowest BCUT2D eigenvalue weighted by Gasteiger charge is -2.02. The van der Waals surface area contributed by atoms with Gasteiger partial charge in [0.2, 0.25) is 0 Å². The van der Waals surface area contributed by atoms with Crippen molar-refractivity contribution >= 4 is 5.91 Å². The Balaban J connectivity index is 1.81. The zero-order valence-corrected chi connectivity index (χ0v) is 10.3. The molecular weight excluding hydrogens is 228 g/mol. The average molecular weight is 244 g/mol. The van der Waals surface area contributed by atoms with Crippen LogP contribution in [-0.2, 0) is 12.8 Å². The molecule has 94 valence electrons. The third-order valence-corrected chi connectivity index (χ3v) is 2.63. The highest BCUT2D eigenvalue weighted by atomic mass is 16.3. The van der Waals surface area contributed by atoms with Crippen LogP contribution in [0.15, 0.2) is 40.9 Å². The number of aromatic nitrogens is 1. The maximum absolute atomic E-state index is 11.7.